The number of oxazole rings is 1. The van der Waals surface area contributed by atoms with E-state index in [2.05, 4.69) is 10.3 Å². The molecule has 0 saturated heterocycles. The molecule has 9 heteroatoms. The number of carbonyl (C=O) groups excluding carboxylic acids is 2. The Morgan fingerprint density at radius 2 is 1.88 bits per heavy atom. The number of aromatic hydroxyl groups is 1. The number of nitrogens with zero attached hydrogens (tertiary/aromatic N) is 1. The molecule has 0 atom stereocenters. The van der Waals surface area contributed by atoms with Gasteiger partial charge >= 0.3 is 11.9 Å². The number of rotatable bonds is 4. The molecular weight excluding hydrogens is 456 g/mol. The number of fused-ring (bicyclic) bond motifs is 2. The summed E-state index contributed by atoms with van der Waals surface area (Å²) < 4.78 is 17.0. The van der Waals surface area contributed by atoms with Crippen LogP contribution in [0.25, 0.3) is 33.4 Å². The predicted octanol–water partition coefficient (Wildman–Crippen LogP) is 6.22. The third kappa shape index (κ3) is 4.01. The highest BCUT2D eigenvalue weighted by molar-refractivity contribution is 7.15. The molecule has 3 heterocycles. The number of benzene rings is 2. The largest absolute Gasteiger partial charge is 0.504 e. The molecule has 0 saturated carbocycles. The summed E-state index contributed by atoms with van der Waals surface area (Å²) in [7, 11) is 0. The van der Waals surface area contributed by atoms with E-state index in [-0.39, 0.29) is 22.2 Å². The maximum atomic E-state index is 13.2. The number of para-hydroxylation sites is 3. The number of ether oxygens (including phenoxy) is 1. The van der Waals surface area contributed by atoms with Gasteiger partial charge in [0, 0.05) is 16.3 Å². The van der Waals surface area contributed by atoms with Crippen LogP contribution in [0.5, 0.6) is 5.75 Å². The van der Waals surface area contributed by atoms with E-state index in [0.29, 0.717) is 33.4 Å². The van der Waals surface area contributed by atoms with Crippen LogP contribution in [0.3, 0.4) is 0 Å². The minimum absolute atomic E-state index is 0.0118. The topological polar surface area (TPSA) is 115 Å². The van der Waals surface area contributed by atoms with Crippen molar-refractivity contribution < 1.29 is 28.3 Å². The first-order chi connectivity index (χ1) is 16.2. The number of furan rings is 1. The highest BCUT2D eigenvalue weighted by Crippen LogP contribution is 2.40. The molecule has 0 aliphatic heterocycles. The SMILES string of the molecule is CC(C)(C)OC(=O)c1c(-c2cc3cccc(O)c3o2)csc1NC(=O)c1nc2ccccc2o1. The van der Waals surface area contributed by atoms with Crippen molar-refractivity contribution in [1.82, 2.24) is 4.98 Å². The molecule has 0 spiro atoms. The van der Waals surface area contributed by atoms with E-state index in [9.17, 15) is 14.7 Å². The Morgan fingerprint density at radius 1 is 1.09 bits per heavy atom. The lowest BCUT2D eigenvalue weighted by Crippen LogP contribution is -2.25. The molecule has 0 aliphatic carbocycles. The van der Waals surface area contributed by atoms with Gasteiger partial charge in [-0.1, -0.05) is 24.3 Å². The minimum Gasteiger partial charge on any atom is -0.504 e. The zero-order chi connectivity index (χ0) is 24.0. The zero-order valence-electron chi connectivity index (χ0n) is 18.5. The van der Waals surface area contributed by atoms with E-state index in [1.54, 1.807) is 68.6 Å². The van der Waals surface area contributed by atoms with Gasteiger partial charge in [-0.2, -0.15) is 0 Å². The number of carbonyl (C=O) groups is 2. The van der Waals surface area contributed by atoms with Gasteiger partial charge < -0.3 is 24.0 Å². The first-order valence-electron chi connectivity index (χ1n) is 10.4. The Hall–Kier alpha value is -4.11. The summed E-state index contributed by atoms with van der Waals surface area (Å²) in [6, 6.07) is 13.8. The Bertz CT molecular complexity index is 1520. The van der Waals surface area contributed by atoms with Crippen molar-refractivity contribution in [3.05, 3.63) is 65.4 Å². The van der Waals surface area contributed by atoms with Crippen LogP contribution < -0.4 is 5.32 Å². The number of esters is 1. The third-order valence-corrected chi connectivity index (χ3v) is 5.79. The minimum atomic E-state index is -0.760. The van der Waals surface area contributed by atoms with Gasteiger partial charge in [-0.3, -0.25) is 4.79 Å². The van der Waals surface area contributed by atoms with Crippen LogP contribution in [0.15, 0.2) is 62.7 Å². The smallest absolute Gasteiger partial charge is 0.342 e. The van der Waals surface area contributed by atoms with Crippen molar-refractivity contribution in [2.75, 3.05) is 5.32 Å². The summed E-state index contributed by atoms with van der Waals surface area (Å²) in [5, 5.41) is 15.5. The highest BCUT2D eigenvalue weighted by atomic mass is 32.1. The molecule has 0 bridgehead atoms. The van der Waals surface area contributed by atoms with Crippen molar-refractivity contribution in [2.45, 2.75) is 26.4 Å². The molecule has 5 aromatic rings. The molecule has 3 aromatic heterocycles. The molecule has 34 heavy (non-hydrogen) atoms. The average molecular weight is 477 g/mol. The Kier molecular flexibility index (Phi) is 5.13. The summed E-state index contributed by atoms with van der Waals surface area (Å²) in [5.74, 6) is -1.00. The highest BCUT2D eigenvalue weighted by Gasteiger charge is 2.29. The van der Waals surface area contributed by atoms with Crippen LogP contribution >= 0.6 is 11.3 Å². The molecule has 0 aliphatic rings. The number of amides is 1. The van der Waals surface area contributed by atoms with Gasteiger partial charge in [0.15, 0.2) is 16.9 Å². The van der Waals surface area contributed by atoms with Gasteiger partial charge in [-0.05, 0) is 45.0 Å². The van der Waals surface area contributed by atoms with E-state index in [1.165, 1.54) is 6.07 Å². The molecule has 172 valence electrons. The second-order valence-corrected chi connectivity index (χ2v) is 9.48. The van der Waals surface area contributed by atoms with Crippen LogP contribution in [-0.4, -0.2) is 27.6 Å². The first kappa shape index (κ1) is 21.7. The van der Waals surface area contributed by atoms with Gasteiger partial charge in [0.25, 0.3) is 5.89 Å². The Balaban J connectivity index is 1.56. The second kappa shape index (κ2) is 8.03. The number of phenols is 1. The summed E-state index contributed by atoms with van der Waals surface area (Å²) in [6.07, 6.45) is 0. The number of nitrogens with one attached hydrogen (secondary N) is 1. The fourth-order valence-corrected chi connectivity index (χ4v) is 4.40. The first-order valence-corrected chi connectivity index (χ1v) is 11.3. The molecule has 5 rings (SSSR count). The number of phenolic OH excluding ortho intramolecular Hbond substituents is 1. The van der Waals surface area contributed by atoms with Crippen molar-refractivity contribution in [3.63, 3.8) is 0 Å². The van der Waals surface area contributed by atoms with Crippen LogP contribution in [0.1, 0.15) is 41.8 Å². The molecule has 0 unspecified atom stereocenters. The quantitative estimate of drug-likeness (QED) is 0.296. The molecule has 2 N–H and O–H groups in total. The normalized spacial score (nSPS) is 11.7. The van der Waals surface area contributed by atoms with Crippen molar-refractivity contribution in [2.24, 2.45) is 0 Å². The monoisotopic (exact) mass is 476 g/mol. The molecule has 1 amide bonds. The number of hydrogen-bond acceptors (Lipinski definition) is 8. The van der Waals surface area contributed by atoms with Gasteiger partial charge in [-0.25, -0.2) is 9.78 Å². The fourth-order valence-electron chi connectivity index (χ4n) is 3.47. The lowest BCUT2D eigenvalue weighted by Gasteiger charge is -2.20. The average Bonchev–Trinajstić information content (AvgIpc) is 3.48. The fraction of sp³-hybridized carbons (Fsp3) is 0.160. The Morgan fingerprint density at radius 3 is 2.62 bits per heavy atom. The van der Waals surface area contributed by atoms with Crippen molar-refractivity contribution in [3.8, 4) is 17.1 Å². The van der Waals surface area contributed by atoms with E-state index in [4.69, 9.17) is 13.6 Å². The van der Waals surface area contributed by atoms with Gasteiger partial charge in [0.2, 0.25) is 0 Å². The van der Waals surface area contributed by atoms with E-state index >= 15 is 0 Å². The maximum absolute atomic E-state index is 13.2. The zero-order valence-corrected chi connectivity index (χ0v) is 19.4. The lowest BCUT2D eigenvalue weighted by molar-refractivity contribution is 0.00719. The predicted molar refractivity (Wildman–Crippen MR) is 128 cm³/mol. The van der Waals surface area contributed by atoms with Crippen LogP contribution in [-0.2, 0) is 4.74 Å². The molecular formula is C25H20N2O6S. The van der Waals surface area contributed by atoms with E-state index in [0.717, 1.165) is 11.3 Å². The third-order valence-electron chi connectivity index (χ3n) is 4.90. The van der Waals surface area contributed by atoms with Crippen molar-refractivity contribution >= 4 is 50.3 Å². The number of anilines is 1. The van der Waals surface area contributed by atoms with Gasteiger partial charge in [0.05, 0.1) is 0 Å². The molecule has 0 fully saturated rings. The summed E-state index contributed by atoms with van der Waals surface area (Å²) in [5.41, 5.74) is 1.15. The molecule has 8 nitrogen and oxygen atoms in total. The summed E-state index contributed by atoms with van der Waals surface area (Å²) in [6.45, 7) is 5.27. The molecule has 0 radical (unpaired) electrons. The van der Waals surface area contributed by atoms with Crippen LogP contribution in [0, 0.1) is 0 Å². The molecule has 2 aromatic carbocycles. The lowest BCUT2D eigenvalue weighted by atomic mass is 10.1. The number of thiophene rings is 1. The van der Waals surface area contributed by atoms with E-state index < -0.39 is 17.5 Å². The maximum Gasteiger partial charge on any atom is 0.342 e. The Labute approximate surface area is 197 Å². The number of aromatic nitrogens is 1. The van der Waals surface area contributed by atoms with Gasteiger partial charge in [-0.15, -0.1) is 11.3 Å². The summed E-state index contributed by atoms with van der Waals surface area (Å²) >= 11 is 1.14. The number of hydrogen-bond donors (Lipinski definition) is 2. The van der Waals surface area contributed by atoms with Crippen LogP contribution in [0.4, 0.5) is 5.00 Å². The second-order valence-electron chi connectivity index (χ2n) is 8.60. The van der Waals surface area contributed by atoms with E-state index in [1.807, 2.05) is 0 Å². The summed E-state index contributed by atoms with van der Waals surface area (Å²) in [4.78, 5) is 30.3. The standard InChI is InChI=1S/C25H20N2O6S/c1-25(2,3)33-24(30)19-14(18-11-13-7-6-9-16(28)20(13)31-18)12-34-23(19)27-21(29)22-26-15-8-4-5-10-17(15)32-22/h4-12,28H,1-3H3,(H,27,29). The van der Waals surface area contributed by atoms with Gasteiger partial charge in [0.1, 0.15) is 27.4 Å². The van der Waals surface area contributed by atoms with Crippen molar-refractivity contribution in [1.29, 1.82) is 0 Å². The van der Waals surface area contributed by atoms with Crippen LogP contribution in [0.2, 0.25) is 0 Å².